The molecule has 2 heterocycles. The highest BCUT2D eigenvalue weighted by molar-refractivity contribution is 5.78. The third-order valence-corrected chi connectivity index (χ3v) is 5.62. The fraction of sp³-hybridized carbons (Fsp3) is 0.455. The first-order valence-electron chi connectivity index (χ1n) is 10.4. The summed E-state index contributed by atoms with van der Waals surface area (Å²) in [6.07, 6.45) is 1.53. The summed E-state index contributed by atoms with van der Waals surface area (Å²) in [4.78, 5) is 56.5. The first-order valence-corrected chi connectivity index (χ1v) is 10.4. The zero-order valence-corrected chi connectivity index (χ0v) is 17.9. The lowest BCUT2D eigenvalue weighted by Crippen LogP contribution is -2.50. The van der Waals surface area contributed by atoms with Crippen molar-refractivity contribution < 1.29 is 14.3 Å². The molecule has 1 aliphatic heterocycles. The van der Waals surface area contributed by atoms with Gasteiger partial charge in [0, 0.05) is 50.3 Å². The number of H-pyrrole nitrogens is 2. The largest absolute Gasteiger partial charge is 0.497 e. The Balaban J connectivity index is 1.44. The van der Waals surface area contributed by atoms with Crippen LogP contribution in [0.1, 0.15) is 29.7 Å². The van der Waals surface area contributed by atoms with Crippen LogP contribution in [0.15, 0.2) is 33.9 Å². The normalized spacial score (nSPS) is 13.9. The predicted octanol–water partition coefficient (Wildman–Crippen LogP) is 0.616. The standard InChI is InChI=1S/C22H28N4O5/c1-15-18(21(29)24-22(30)23-15)8-10-20(28)26-13-11-25(12-14-26)19(27)9-5-16-3-6-17(31-2)7-4-16/h3-4,6-7H,5,8-14H2,1-2H3,(H2,23,24,29,30). The summed E-state index contributed by atoms with van der Waals surface area (Å²) in [5.41, 5.74) is 0.969. The van der Waals surface area contributed by atoms with Gasteiger partial charge in [-0.25, -0.2) is 4.79 Å². The van der Waals surface area contributed by atoms with Crippen LogP contribution in [0.2, 0.25) is 0 Å². The number of nitrogens with one attached hydrogen (secondary N) is 2. The van der Waals surface area contributed by atoms with E-state index in [1.165, 1.54) is 0 Å². The van der Waals surface area contributed by atoms with Crippen molar-refractivity contribution in [2.24, 2.45) is 0 Å². The van der Waals surface area contributed by atoms with Crippen LogP contribution in [0.4, 0.5) is 0 Å². The number of piperazine rings is 1. The highest BCUT2D eigenvalue weighted by Gasteiger charge is 2.24. The Labute approximate surface area is 180 Å². The molecule has 31 heavy (non-hydrogen) atoms. The van der Waals surface area contributed by atoms with Gasteiger partial charge < -0.3 is 19.5 Å². The van der Waals surface area contributed by atoms with Gasteiger partial charge in [0.05, 0.1) is 7.11 Å². The zero-order chi connectivity index (χ0) is 22.4. The van der Waals surface area contributed by atoms with Gasteiger partial charge >= 0.3 is 5.69 Å². The number of amides is 2. The van der Waals surface area contributed by atoms with Crippen molar-refractivity contribution in [2.45, 2.75) is 32.6 Å². The molecule has 1 aromatic heterocycles. The topological polar surface area (TPSA) is 116 Å². The number of rotatable bonds is 7. The van der Waals surface area contributed by atoms with Crippen LogP contribution in [-0.4, -0.2) is 64.9 Å². The van der Waals surface area contributed by atoms with Gasteiger partial charge in [0.2, 0.25) is 11.8 Å². The molecule has 0 unspecified atom stereocenters. The lowest BCUT2D eigenvalue weighted by Gasteiger charge is -2.35. The Morgan fingerprint density at radius 2 is 1.45 bits per heavy atom. The Morgan fingerprint density at radius 3 is 1.97 bits per heavy atom. The maximum atomic E-state index is 12.5. The van der Waals surface area contributed by atoms with Crippen LogP contribution in [0, 0.1) is 6.92 Å². The second-order valence-corrected chi connectivity index (χ2v) is 7.62. The van der Waals surface area contributed by atoms with E-state index < -0.39 is 11.2 Å². The van der Waals surface area contributed by atoms with Crippen LogP contribution in [0.25, 0.3) is 0 Å². The highest BCUT2D eigenvalue weighted by atomic mass is 16.5. The van der Waals surface area contributed by atoms with Crippen molar-refractivity contribution in [1.82, 2.24) is 19.8 Å². The summed E-state index contributed by atoms with van der Waals surface area (Å²) in [6, 6.07) is 7.68. The molecule has 1 saturated heterocycles. The van der Waals surface area contributed by atoms with Gasteiger partial charge in [-0.05, 0) is 37.5 Å². The zero-order valence-electron chi connectivity index (χ0n) is 17.9. The number of methoxy groups -OCH3 is 1. The average molecular weight is 428 g/mol. The molecule has 0 aliphatic carbocycles. The molecule has 1 fully saturated rings. The molecule has 2 N–H and O–H groups in total. The van der Waals surface area contributed by atoms with E-state index in [1.807, 2.05) is 24.3 Å². The molecule has 3 rings (SSSR count). The van der Waals surface area contributed by atoms with Crippen LogP contribution >= 0.6 is 0 Å². The molecule has 1 aliphatic rings. The number of aryl methyl sites for hydroxylation is 2. The van der Waals surface area contributed by atoms with Gasteiger partial charge in [-0.1, -0.05) is 12.1 Å². The van der Waals surface area contributed by atoms with Crippen molar-refractivity contribution in [3.63, 3.8) is 0 Å². The second kappa shape index (κ2) is 10.1. The Kier molecular flexibility index (Phi) is 7.28. The van der Waals surface area contributed by atoms with E-state index in [-0.39, 0.29) is 24.7 Å². The molecule has 9 nitrogen and oxygen atoms in total. The number of carbonyl (C=O) groups excluding carboxylic acids is 2. The molecule has 0 saturated carbocycles. The lowest BCUT2D eigenvalue weighted by atomic mass is 10.1. The quantitative estimate of drug-likeness (QED) is 0.671. The van der Waals surface area contributed by atoms with E-state index in [0.717, 1.165) is 11.3 Å². The minimum absolute atomic E-state index is 0.0599. The van der Waals surface area contributed by atoms with E-state index >= 15 is 0 Å². The fourth-order valence-electron chi connectivity index (χ4n) is 3.72. The summed E-state index contributed by atoms with van der Waals surface area (Å²) in [7, 11) is 1.62. The van der Waals surface area contributed by atoms with Crippen LogP contribution in [0.3, 0.4) is 0 Å². The number of nitrogens with zero attached hydrogens (tertiary/aromatic N) is 2. The maximum Gasteiger partial charge on any atom is 0.325 e. The molecule has 2 aromatic rings. The van der Waals surface area contributed by atoms with E-state index in [1.54, 1.807) is 23.8 Å². The first-order chi connectivity index (χ1) is 14.9. The van der Waals surface area contributed by atoms with Crippen molar-refractivity contribution in [1.29, 1.82) is 0 Å². The van der Waals surface area contributed by atoms with Crippen LogP contribution in [0.5, 0.6) is 5.75 Å². The summed E-state index contributed by atoms with van der Waals surface area (Å²) < 4.78 is 5.14. The molecule has 0 bridgehead atoms. The Morgan fingerprint density at radius 1 is 0.903 bits per heavy atom. The van der Waals surface area contributed by atoms with Crippen molar-refractivity contribution >= 4 is 11.8 Å². The minimum Gasteiger partial charge on any atom is -0.497 e. The predicted molar refractivity (Wildman–Crippen MR) is 115 cm³/mol. The van der Waals surface area contributed by atoms with Gasteiger partial charge in [0.25, 0.3) is 5.56 Å². The summed E-state index contributed by atoms with van der Waals surface area (Å²) in [5, 5.41) is 0. The second-order valence-electron chi connectivity index (χ2n) is 7.62. The lowest BCUT2D eigenvalue weighted by molar-refractivity contribution is -0.139. The van der Waals surface area contributed by atoms with Gasteiger partial charge in [-0.2, -0.15) is 0 Å². The molecule has 0 atom stereocenters. The number of hydrogen-bond acceptors (Lipinski definition) is 5. The molecule has 9 heteroatoms. The monoisotopic (exact) mass is 428 g/mol. The SMILES string of the molecule is COc1ccc(CCC(=O)N2CCN(C(=O)CCc3c(C)[nH]c(=O)[nH]c3=O)CC2)cc1. The van der Waals surface area contributed by atoms with Gasteiger partial charge in [0.1, 0.15) is 5.75 Å². The minimum atomic E-state index is -0.551. The summed E-state index contributed by atoms with van der Waals surface area (Å²) in [5.74, 6) is 0.810. The third-order valence-electron chi connectivity index (χ3n) is 5.62. The fourth-order valence-corrected chi connectivity index (χ4v) is 3.72. The molecule has 166 valence electrons. The number of ether oxygens (including phenoxy) is 1. The number of hydrogen-bond donors (Lipinski definition) is 2. The molecule has 0 spiro atoms. The summed E-state index contributed by atoms with van der Waals surface area (Å²) in [6.45, 7) is 3.62. The molecular formula is C22H28N4O5. The Hall–Kier alpha value is -3.36. The Bertz CT molecular complexity index is 1030. The van der Waals surface area contributed by atoms with Crippen molar-refractivity contribution in [3.05, 3.63) is 61.9 Å². The molecule has 0 radical (unpaired) electrons. The van der Waals surface area contributed by atoms with Crippen molar-refractivity contribution in [2.75, 3.05) is 33.3 Å². The average Bonchev–Trinajstić information content (AvgIpc) is 2.77. The smallest absolute Gasteiger partial charge is 0.325 e. The molecule has 1 aromatic carbocycles. The highest BCUT2D eigenvalue weighted by Crippen LogP contribution is 2.14. The maximum absolute atomic E-state index is 12.5. The first kappa shape index (κ1) is 22.3. The van der Waals surface area contributed by atoms with Gasteiger partial charge in [-0.15, -0.1) is 0 Å². The van der Waals surface area contributed by atoms with Gasteiger partial charge in [0.15, 0.2) is 0 Å². The number of carbonyl (C=O) groups is 2. The third kappa shape index (κ3) is 5.84. The number of aromatic nitrogens is 2. The number of benzene rings is 1. The molecule has 2 amide bonds. The van der Waals surface area contributed by atoms with E-state index in [9.17, 15) is 19.2 Å². The number of aromatic amines is 2. The van der Waals surface area contributed by atoms with E-state index in [2.05, 4.69) is 9.97 Å². The van der Waals surface area contributed by atoms with E-state index in [0.29, 0.717) is 50.3 Å². The van der Waals surface area contributed by atoms with Crippen LogP contribution < -0.4 is 16.0 Å². The van der Waals surface area contributed by atoms with Crippen LogP contribution in [-0.2, 0) is 22.4 Å². The molecular weight excluding hydrogens is 400 g/mol. The van der Waals surface area contributed by atoms with Gasteiger partial charge in [-0.3, -0.25) is 19.4 Å². The van der Waals surface area contributed by atoms with Crippen molar-refractivity contribution in [3.8, 4) is 5.75 Å². The van der Waals surface area contributed by atoms with E-state index in [4.69, 9.17) is 4.74 Å². The summed E-state index contributed by atoms with van der Waals surface area (Å²) >= 11 is 0.